The van der Waals surface area contributed by atoms with Crippen molar-refractivity contribution in [2.24, 2.45) is 0 Å². The molecule has 2 heteroatoms. The first-order valence-electron chi connectivity index (χ1n) is 4.47. The van der Waals surface area contributed by atoms with E-state index in [0.717, 1.165) is 0 Å². The number of nitrogens with zero attached hydrogens (tertiary/aromatic N) is 1. The van der Waals surface area contributed by atoms with Crippen molar-refractivity contribution in [1.82, 2.24) is 0 Å². The molecular formula is C11H17NS. The van der Waals surface area contributed by atoms with Crippen molar-refractivity contribution in [1.29, 1.82) is 0 Å². The van der Waals surface area contributed by atoms with Gasteiger partial charge in [0.25, 0.3) is 0 Å². The van der Waals surface area contributed by atoms with Crippen LogP contribution < -0.4 is 4.31 Å². The third kappa shape index (κ3) is 3.73. The molecule has 1 rings (SSSR count). The summed E-state index contributed by atoms with van der Waals surface area (Å²) in [5.41, 5.74) is 1.25. The standard InChI is InChI=1S/C11H17NS/c1-11(2,3)13-12(4)10-8-6-5-7-9-10/h5-9H,1-4H3. The predicted molar refractivity (Wildman–Crippen MR) is 62.2 cm³/mol. The fourth-order valence-electron chi connectivity index (χ4n) is 1.10. The van der Waals surface area contributed by atoms with Crippen molar-refractivity contribution in [3.05, 3.63) is 30.3 Å². The van der Waals surface area contributed by atoms with Gasteiger partial charge in [-0.3, -0.25) is 0 Å². The Labute approximate surface area is 85.3 Å². The van der Waals surface area contributed by atoms with Crippen molar-refractivity contribution < 1.29 is 0 Å². The molecule has 0 spiro atoms. The topological polar surface area (TPSA) is 3.24 Å². The minimum Gasteiger partial charge on any atom is -0.319 e. The van der Waals surface area contributed by atoms with Gasteiger partial charge in [-0.25, -0.2) is 0 Å². The van der Waals surface area contributed by atoms with Crippen molar-refractivity contribution in [3.63, 3.8) is 0 Å². The van der Waals surface area contributed by atoms with Crippen LogP contribution in [-0.4, -0.2) is 11.8 Å². The minimum absolute atomic E-state index is 0.268. The van der Waals surface area contributed by atoms with Crippen molar-refractivity contribution in [3.8, 4) is 0 Å². The second-order valence-corrected chi connectivity index (χ2v) is 5.99. The smallest absolute Gasteiger partial charge is 0.0466 e. The van der Waals surface area contributed by atoms with Crippen molar-refractivity contribution >= 4 is 17.6 Å². The van der Waals surface area contributed by atoms with E-state index in [1.807, 2.05) is 18.0 Å². The molecule has 0 aliphatic rings. The Kier molecular flexibility index (Phi) is 3.26. The van der Waals surface area contributed by atoms with Crippen LogP contribution in [-0.2, 0) is 0 Å². The summed E-state index contributed by atoms with van der Waals surface area (Å²) < 4.78 is 2.48. The number of para-hydroxylation sites is 1. The van der Waals surface area contributed by atoms with Crippen LogP contribution in [0, 0.1) is 0 Å². The molecule has 0 amide bonds. The average molecular weight is 195 g/mol. The zero-order valence-corrected chi connectivity index (χ0v) is 9.56. The predicted octanol–water partition coefficient (Wildman–Crippen LogP) is 3.57. The summed E-state index contributed by atoms with van der Waals surface area (Å²) in [6.07, 6.45) is 0. The molecule has 1 aromatic rings. The normalized spacial score (nSPS) is 11.4. The molecule has 1 aromatic carbocycles. The quantitative estimate of drug-likeness (QED) is 0.664. The lowest BCUT2D eigenvalue weighted by Gasteiger charge is -2.26. The number of anilines is 1. The highest BCUT2D eigenvalue weighted by Gasteiger charge is 2.14. The maximum absolute atomic E-state index is 2.22. The van der Waals surface area contributed by atoms with Crippen LogP contribution in [0.15, 0.2) is 30.3 Å². The molecule has 0 heterocycles. The van der Waals surface area contributed by atoms with Crippen LogP contribution in [0.3, 0.4) is 0 Å². The Morgan fingerprint density at radius 1 is 1.08 bits per heavy atom. The summed E-state index contributed by atoms with van der Waals surface area (Å²) in [7, 11) is 2.10. The molecular weight excluding hydrogens is 178 g/mol. The molecule has 0 atom stereocenters. The van der Waals surface area contributed by atoms with Crippen LogP contribution in [0.5, 0.6) is 0 Å². The highest BCUT2D eigenvalue weighted by atomic mass is 32.2. The van der Waals surface area contributed by atoms with Crippen molar-refractivity contribution in [2.45, 2.75) is 25.5 Å². The molecule has 0 radical (unpaired) electrons. The molecule has 0 saturated heterocycles. The summed E-state index contributed by atoms with van der Waals surface area (Å²) in [5, 5.41) is 0. The zero-order chi connectivity index (χ0) is 9.90. The van der Waals surface area contributed by atoms with Crippen LogP contribution >= 0.6 is 11.9 Å². The zero-order valence-electron chi connectivity index (χ0n) is 8.74. The van der Waals surface area contributed by atoms with Gasteiger partial charge in [-0.05, 0) is 44.9 Å². The number of benzene rings is 1. The molecule has 0 fully saturated rings. The van der Waals surface area contributed by atoms with E-state index in [1.165, 1.54) is 5.69 Å². The van der Waals surface area contributed by atoms with E-state index in [1.54, 1.807) is 0 Å². The van der Waals surface area contributed by atoms with Crippen LogP contribution in [0.4, 0.5) is 5.69 Å². The van der Waals surface area contributed by atoms with Gasteiger partial charge in [-0.15, -0.1) is 0 Å². The molecule has 0 bridgehead atoms. The van der Waals surface area contributed by atoms with E-state index in [9.17, 15) is 0 Å². The molecule has 1 nitrogen and oxygen atoms in total. The Morgan fingerprint density at radius 2 is 1.62 bits per heavy atom. The van der Waals surface area contributed by atoms with Gasteiger partial charge < -0.3 is 4.31 Å². The second-order valence-electron chi connectivity index (χ2n) is 4.04. The summed E-state index contributed by atoms with van der Waals surface area (Å²) in [4.78, 5) is 0. The number of rotatable bonds is 2. The minimum atomic E-state index is 0.268. The maximum Gasteiger partial charge on any atom is 0.0466 e. The van der Waals surface area contributed by atoms with Crippen molar-refractivity contribution in [2.75, 3.05) is 11.4 Å². The third-order valence-corrected chi connectivity index (χ3v) is 2.56. The molecule has 0 aromatic heterocycles. The molecule has 0 saturated carbocycles. The Hall–Kier alpha value is -0.630. The Balaban J connectivity index is 2.64. The van der Waals surface area contributed by atoms with E-state index in [0.29, 0.717) is 0 Å². The van der Waals surface area contributed by atoms with Gasteiger partial charge in [0.2, 0.25) is 0 Å². The average Bonchev–Trinajstić information content (AvgIpc) is 2.03. The lowest BCUT2D eigenvalue weighted by Crippen LogP contribution is -2.18. The molecule has 0 aliphatic carbocycles. The summed E-state index contributed by atoms with van der Waals surface area (Å²) in [6.45, 7) is 6.66. The van der Waals surface area contributed by atoms with Crippen LogP contribution in [0.1, 0.15) is 20.8 Å². The van der Waals surface area contributed by atoms with Gasteiger partial charge in [0.1, 0.15) is 0 Å². The van der Waals surface area contributed by atoms with E-state index in [-0.39, 0.29) is 4.75 Å². The summed E-state index contributed by atoms with van der Waals surface area (Å²) in [5.74, 6) is 0. The SMILES string of the molecule is CN(SC(C)(C)C)c1ccccc1. The number of hydrogen-bond donors (Lipinski definition) is 0. The fourth-order valence-corrected chi connectivity index (χ4v) is 2.15. The Bertz CT molecular complexity index is 251. The first-order valence-corrected chi connectivity index (χ1v) is 5.24. The highest BCUT2D eigenvalue weighted by Crippen LogP contribution is 2.30. The van der Waals surface area contributed by atoms with E-state index in [2.05, 4.69) is 56.4 Å². The molecule has 0 N–H and O–H groups in total. The number of hydrogen-bond acceptors (Lipinski definition) is 2. The molecule has 13 heavy (non-hydrogen) atoms. The van der Waals surface area contributed by atoms with E-state index in [4.69, 9.17) is 0 Å². The van der Waals surface area contributed by atoms with E-state index < -0.39 is 0 Å². The van der Waals surface area contributed by atoms with Gasteiger partial charge >= 0.3 is 0 Å². The molecule has 72 valence electrons. The van der Waals surface area contributed by atoms with Gasteiger partial charge in [0.15, 0.2) is 0 Å². The molecule has 0 unspecified atom stereocenters. The maximum atomic E-state index is 2.22. The first-order chi connectivity index (χ1) is 5.99. The van der Waals surface area contributed by atoms with Gasteiger partial charge in [-0.1, -0.05) is 18.2 Å². The second kappa shape index (κ2) is 4.05. The van der Waals surface area contributed by atoms with E-state index >= 15 is 0 Å². The monoisotopic (exact) mass is 195 g/mol. The largest absolute Gasteiger partial charge is 0.319 e. The third-order valence-electron chi connectivity index (χ3n) is 1.53. The van der Waals surface area contributed by atoms with Gasteiger partial charge in [0, 0.05) is 17.5 Å². The van der Waals surface area contributed by atoms with Gasteiger partial charge in [0.05, 0.1) is 0 Å². The Morgan fingerprint density at radius 3 is 2.08 bits per heavy atom. The molecule has 0 aliphatic heterocycles. The lowest BCUT2D eigenvalue weighted by atomic mass is 10.3. The summed E-state index contributed by atoms with van der Waals surface area (Å²) >= 11 is 1.84. The van der Waals surface area contributed by atoms with Gasteiger partial charge in [-0.2, -0.15) is 0 Å². The lowest BCUT2D eigenvalue weighted by molar-refractivity contribution is 0.801. The fraction of sp³-hybridized carbons (Fsp3) is 0.455. The van der Waals surface area contributed by atoms with Crippen LogP contribution in [0.2, 0.25) is 0 Å². The first kappa shape index (κ1) is 10.5. The highest BCUT2D eigenvalue weighted by molar-refractivity contribution is 8.01. The van der Waals surface area contributed by atoms with Crippen LogP contribution in [0.25, 0.3) is 0 Å². The summed E-state index contributed by atoms with van der Waals surface area (Å²) in [6, 6.07) is 10.4.